The van der Waals surface area contributed by atoms with Crippen LogP contribution in [-0.2, 0) is 9.53 Å². The molecule has 0 aromatic heterocycles. The third-order valence-electron chi connectivity index (χ3n) is 5.79. The van der Waals surface area contributed by atoms with Gasteiger partial charge in [0.15, 0.2) is 5.60 Å². The summed E-state index contributed by atoms with van der Waals surface area (Å²) in [6, 6.07) is 0. The minimum Gasteiger partial charge on any atom is -0.453 e. The van der Waals surface area contributed by atoms with Gasteiger partial charge in [0.1, 0.15) is 0 Å². The normalized spacial score (nSPS) is 41.0. The molecule has 1 aliphatic carbocycles. The summed E-state index contributed by atoms with van der Waals surface area (Å²) in [7, 11) is 0. The van der Waals surface area contributed by atoms with Crippen LogP contribution in [-0.4, -0.2) is 34.2 Å². The van der Waals surface area contributed by atoms with E-state index in [4.69, 9.17) is 16.3 Å². The molecule has 5 heteroatoms. The number of ether oxygens (including phenoxy) is 1. The smallest absolute Gasteiger partial charge is 0.339 e. The summed E-state index contributed by atoms with van der Waals surface area (Å²) in [5.74, 6) is 0.252. The molecule has 3 rings (SSSR count). The van der Waals surface area contributed by atoms with E-state index in [-0.39, 0.29) is 17.8 Å². The standard InChI is InChI=1S/C16H24ClNO3/c1-10-12(8-9-17)15(2)16(18-10,14(20)21-15)13(19)11-6-4-3-5-7-11/h11-13,18-19H,1,3-9H2,2H3/t12-,13-,15-,16-/m0/s1. The molecular weight excluding hydrogens is 290 g/mol. The van der Waals surface area contributed by atoms with Crippen LogP contribution in [0.2, 0.25) is 0 Å². The molecule has 21 heavy (non-hydrogen) atoms. The molecular formula is C16H24ClNO3. The number of hydrogen-bond acceptors (Lipinski definition) is 4. The molecule has 0 spiro atoms. The van der Waals surface area contributed by atoms with Gasteiger partial charge in [-0.25, -0.2) is 4.79 Å². The maximum atomic E-state index is 12.3. The number of aliphatic hydroxyl groups is 1. The van der Waals surface area contributed by atoms with Gasteiger partial charge in [0.2, 0.25) is 5.54 Å². The Balaban J connectivity index is 1.90. The molecule has 3 fully saturated rings. The lowest BCUT2D eigenvalue weighted by Gasteiger charge is -2.55. The van der Waals surface area contributed by atoms with E-state index < -0.39 is 17.2 Å². The monoisotopic (exact) mass is 313 g/mol. The van der Waals surface area contributed by atoms with Gasteiger partial charge < -0.3 is 15.2 Å². The van der Waals surface area contributed by atoms with Gasteiger partial charge in [0.25, 0.3) is 0 Å². The molecule has 0 aromatic carbocycles. The summed E-state index contributed by atoms with van der Waals surface area (Å²) in [5.41, 5.74) is -0.991. The maximum absolute atomic E-state index is 12.3. The van der Waals surface area contributed by atoms with E-state index in [1.165, 1.54) is 6.42 Å². The van der Waals surface area contributed by atoms with Crippen LogP contribution in [0.1, 0.15) is 45.4 Å². The van der Waals surface area contributed by atoms with Gasteiger partial charge in [-0.05, 0) is 32.1 Å². The summed E-state index contributed by atoms with van der Waals surface area (Å²) < 4.78 is 5.52. The molecule has 1 saturated carbocycles. The SMILES string of the molecule is C=C1N[C@@]2([C@@H](O)C3CCCCC3)C(=O)O[C@@]2(C)[C@H]1CCCl. The molecule has 4 atom stereocenters. The number of carbonyl (C=O) groups excluding carboxylic acids is 1. The number of rotatable bonds is 4. The summed E-state index contributed by atoms with van der Waals surface area (Å²) >= 11 is 5.88. The number of halogens is 1. The van der Waals surface area contributed by atoms with Gasteiger partial charge in [0.05, 0.1) is 6.10 Å². The fourth-order valence-corrected chi connectivity index (χ4v) is 4.77. The highest BCUT2D eigenvalue weighted by Crippen LogP contribution is 2.56. The lowest BCUT2D eigenvalue weighted by atomic mass is 9.64. The molecule has 2 heterocycles. The second-order valence-electron chi connectivity index (χ2n) is 6.83. The Labute approximate surface area is 130 Å². The maximum Gasteiger partial charge on any atom is 0.339 e. The summed E-state index contributed by atoms with van der Waals surface area (Å²) in [4.78, 5) is 12.3. The molecule has 2 saturated heterocycles. The third kappa shape index (κ3) is 1.88. The molecule has 0 amide bonds. The van der Waals surface area contributed by atoms with Gasteiger partial charge >= 0.3 is 5.97 Å². The number of carbonyl (C=O) groups is 1. The summed E-state index contributed by atoms with van der Waals surface area (Å²) in [5, 5.41) is 14.2. The van der Waals surface area contributed by atoms with Crippen molar-refractivity contribution in [3.63, 3.8) is 0 Å². The van der Waals surface area contributed by atoms with Crippen molar-refractivity contribution in [2.75, 3.05) is 5.88 Å². The number of alkyl halides is 1. The molecule has 2 N–H and O–H groups in total. The largest absolute Gasteiger partial charge is 0.453 e. The number of fused-ring (bicyclic) bond motifs is 1. The minimum atomic E-state index is -1.02. The van der Waals surface area contributed by atoms with E-state index in [2.05, 4.69) is 11.9 Å². The number of esters is 1. The van der Waals surface area contributed by atoms with E-state index in [0.717, 1.165) is 31.4 Å². The Bertz CT molecular complexity index is 462. The van der Waals surface area contributed by atoms with Crippen molar-refractivity contribution in [1.29, 1.82) is 0 Å². The zero-order valence-electron chi connectivity index (χ0n) is 12.5. The Morgan fingerprint density at radius 3 is 2.71 bits per heavy atom. The quantitative estimate of drug-likeness (QED) is 0.618. The number of aliphatic hydroxyl groups excluding tert-OH is 1. The Morgan fingerprint density at radius 1 is 1.48 bits per heavy atom. The zero-order valence-corrected chi connectivity index (χ0v) is 13.3. The predicted octanol–water partition coefficient (Wildman–Crippen LogP) is 2.34. The van der Waals surface area contributed by atoms with Crippen molar-refractivity contribution in [2.24, 2.45) is 11.8 Å². The van der Waals surface area contributed by atoms with Crippen LogP contribution in [0.25, 0.3) is 0 Å². The van der Waals surface area contributed by atoms with Crippen LogP contribution in [0.5, 0.6) is 0 Å². The Hall–Kier alpha value is -0.740. The lowest BCUT2D eigenvalue weighted by Crippen LogP contribution is -2.80. The van der Waals surface area contributed by atoms with Gasteiger partial charge in [0, 0.05) is 17.5 Å². The first kappa shape index (κ1) is 15.2. The molecule has 0 unspecified atom stereocenters. The molecule has 118 valence electrons. The zero-order chi connectivity index (χ0) is 15.3. The van der Waals surface area contributed by atoms with Crippen LogP contribution in [0.3, 0.4) is 0 Å². The topological polar surface area (TPSA) is 58.6 Å². The van der Waals surface area contributed by atoms with Gasteiger partial charge in [-0.15, -0.1) is 11.6 Å². The molecule has 0 radical (unpaired) electrons. The van der Waals surface area contributed by atoms with Crippen molar-refractivity contribution >= 4 is 17.6 Å². The van der Waals surface area contributed by atoms with Gasteiger partial charge in [-0.1, -0.05) is 25.8 Å². The highest BCUT2D eigenvalue weighted by atomic mass is 35.5. The third-order valence-corrected chi connectivity index (χ3v) is 6.01. The summed E-state index contributed by atoms with van der Waals surface area (Å²) in [6.07, 6.45) is 5.37. The number of hydrogen-bond donors (Lipinski definition) is 2. The minimum absolute atomic E-state index is 0.0362. The van der Waals surface area contributed by atoms with Gasteiger partial charge in [-0.2, -0.15) is 0 Å². The fourth-order valence-electron chi connectivity index (χ4n) is 4.55. The second kappa shape index (κ2) is 5.17. The average molecular weight is 314 g/mol. The lowest BCUT2D eigenvalue weighted by molar-refractivity contribution is -0.240. The van der Waals surface area contributed by atoms with E-state index in [0.29, 0.717) is 12.3 Å². The van der Waals surface area contributed by atoms with E-state index in [1.807, 2.05) is 6.92 Å². The molecule has 0 bridgehead atoms. The molecule has 3 aliphatic rings. The predicted molar refractivity (Wildman–Crippen MR) is 80.9 cm³/mol. The van der Waals surface area contributed by atoms with Crippen LogP contribution in [0, 0.1) is 11.8 Å². The fraction of sp³-hybridized carbons (Fsp3) is 0.812. The molecule has 4 nitrogen and oxygen atoms in total. The Morgan fingerprint density at radius 2 is 2.14 bits per heavy atom. The highest BCUT2D eigenvalue weighted by Gasteiger charge is 2.77. The molecule has 2 aliphatic heterocycles. The van der Waals surface area contributed by atoms with E-state index in [9.17, 15) is 9.90 Å². The first-order chi connectivity index (χ1) is 9.97. The van der Waals surface area contributed by atoms with E-state index in [1.54, 1.807) is 0 Å². The number of nitrogens with one attached hydrogen (secondary N) is 1. The van der Waals surface area contributed by atoms with Crippen LogP contribution >= 0.6 is 11.6 Å². The van der Waals surface area contributed by atoms with Crippen molar-refractivity contribution in [3.8, 4) is 0 Å². The van der Waals surface area contributed by atoms with E-state index >= 15 is 0 Å². The first-order valence-electron chi connectivity index (χ1n) is 7.92. The van der Waals surface area contributed by atoms with Crippen LogP contribution < -0.4 is 5.32 Å². The van der Waals surface area contributed by atoms with Crippen LogP contribution in [0.15, 0.2) is 12.3 Å². The van der Waals surface area contributed by atoms with Gasteiger partial charge in [-0.3, -0.25) is 0 Å². The highest BCUT2D eigenvalue weighted by molar-refractivity contribution is 6.17. The van der Waals surface area contributed by atoms with Crippen molar-refractivity contribution in [2.45, 2.75) is 62.7 Å². The van der Waals surface area contributed by atoms with Crippen molar-refractivity contribution < 1.29 is 14.6 Å². The molecule has 0 aromatic rings. The second-order valence-corrected chi connectivity index (χ2v) is 7.21. The van der Waals surface area contributed by atoms with Crippen LogP contribution in [0.4, 0.5) is 0 Å². The Kier molecular flexibility index (Phi) is 3.73. The first-order valence-corrected chi connectivity index (χ1v) is 8.45. The van der Waals surface area contributed by atoms with Crippen molar-refractivity contribution in [1.82, 2.24) is 5.32 Å². The summed E-state index contributed by atoms with van der Waals surface area (Å²) in [6.45, 7) is 5.94. The van der Waals surface area contributed by atoms with Crippen molar-refractivity contribution in [3.05, 3.63) is 12.3 Å². The average Bonchev–Trinajstić information content (AvgIpc) is 2.65.